The first-order chi connectivity index (χ1) is 11.4. The van der Waals surface area contributed by atoms with Crippen LogP contribution in [-0.2, 0) is 10.4 Å². The largest absolute Gasteiger partial charge is 0.482 e. The van der Waals surface area contributed by atoms with Gasteiger partial charge in [-0.1, -0.05) is 0 Å². The molecule has 0 radical (unpaired) electrons. The number of anilines is 2. The van der Waals surface area contributed by atoms with Gasteiger partial charge in [-0.05, 0) is 32.4 Å². The molecule has 124 valence electrons. The molecule has 3 heterocycles. The van der Waals surface area contributed by atoms with E-state index in [2.05, 4.69) is 4.98 Å². The van der Waals surface area contributed by atoms with Gasteiger partial charge in [0.2, 0.25) is 5.91 Å². The van der Waals surface area contributed by atoms with Crippen LogP contribution in [0.4, 0.5) is 15.9 Å². The Morgan fingerprint density at radius 1 is 1.29 bits per heavy atom. The van der Waals surface area contributed by atoms with Crippen molar-refractivity contribution in [3.8, 4) is 16.9 Å². The number of rotatable bonds is 1. The summed E-state index contributed by atoms with van der Waals surface area (Å²) >= 11 is 0. The molecule has 2 aliphatic heterocycles. The lowest BCUT2D eigenvalue weighted by Crippen LogP contribution is -2.30. The van der Waals surface area contributed by atoms with Gasteiger partial charge in [-0.25, -0.2) is 9.37 Å². The van der Waals surface area contributed by atoms with Crippen LogP contribution in [0.1, 0.15) is 32.3 Å². The van der Waals surface area contributed by atoms with Gasteiger partial charge in [-0.3, -0.25) is 4.79 Å². The SMILES string of the molecule is CC1(C)Oc2cc(N3CCCC3=O)c(F)cc2-c2cnc(N)cc21. The summed E-state index contributed by atoms with van der Waals surface area (Å²) in [5.41, 5.74) is 7.74. The van der Waals surface area contributed by atoms with Crippen molar-refractivity contribution in [1.29, 1.82) is 0 Å². The van der Waals surface area contributed by atoms with E-state index < -0.39 is 11.4 Å². The predicted octanol–water partition coefficient (Wildman–Crippen LogP) is 3.22. The quantitative estimate of drug-likeness (QED) is 0.873. The normalized spacial score (nSPS) is 18.1. The minimum absolute atomic E-state index is 0.0567. The molecule has 4 rings (SSSR count). The Kier molecular flexibility index (Phi) is 3.07. The molecule has 0 atom stereocenters. The molecule has 6 heteroatoms. The van der Waals surface area contributed by atoms with Gasteiger partial charge in [-0.15, -0.1) is 0 Å². The fourth-order valence-corrected chi connectivity index (χ4v) is 3.46. The number of amides is 1. The van der Waals surface area contributed by atoms with E-state index in [0.717, 1.165) is 17.5 Å². The summed E-state index contributed by atoms with van der Waals surface area (Å²) in [6.07, 6.45) is 2.84. The maximum absolute atomic E-state index is 14.7. The zero-order valence-corrected chi connectivity index (χ0v) is 13.6. The topological polar surface area (TPSA) is 68.5 Å². The van der Waals surface area contributed by atoms with Gasteiger partial charge in [0.05, 0.1) is 5.69 Å². The highest BCUT2D eigenvalue weighted by atomic mass is 19.1. The maximum atomic E-state index is 14.7. The molecule has 1 fully saturated rings. The Bertz CT molecular complexity index is 864. The summed E-state index contributed by atoms with van der Waals surface area (Å²) in [7, 11) is 0. The lowest BCUT2D eigenvalue weighted by atomic mass is 9.87. The number of hydrogen-bond acceptors (Lipinski definition) is 4. The molecule has 1 amide bonds. The molecule has 2 aliphatic rings. The standard InChI is InChI=1S/C18H18FN3O2/c1-18(2)12-7-16(20)21-9-11(12)10-6-13(19)14(8-15(10)24-18)22-5-3-4-17(22)23/h6-9H,3-5H2,1-2H3,(H2,20,21). The van der Waals surface area contributed by atoms with Crippen LogP contribution >= 0.6 is 0 Å². The highest BCUT2D eigenvalue weighted by molar-refractivity contribution is 5.96. The fraction of sp³-hybridized carbons (Fsp3) is 0.333. The molecule has 0 spiro atoms. The number of aromatic nitrogens is 1. The first-order valence-electron chi connectivity index (χ1n) is 7.96. The minimum atomic E-state index is -0.622. The Morgan fingerprint density at radius 3 is 2.79 bits per heavy atom. The van der Waals surface area contributed by atoms with Crippen LogP contribution in [0.3, 0.4) is 0 Å². The summed E-state index contributed by atoms with van der Waals surface area (Å²) in [6.45, 7) is 4.39. The highest BCUT2D eigenvalue weighted by Gasteiger charge is 2.35. The number of nitrogens with zero attached hydrogens (tertiary/aromatic N) is 2. The number of nitrogens with two attached hydrogens (primary N) is 1. The zero-order valence-electron chi connectivity index (χ0n) is 13.6. The van der Waals surface area contributed by atoms with Crippen molar-refractivity contribution in [3.63, 3.8) is 0 Å². The first-order valence-corrected chi connectivity index (χ1v) is 7.96. The molecule has 1 saturated heterocycles. The second kappa shape index (κ2) is 4.93. The number of carbonyl (C=O) groups excluding carboxylic acids is 1. The zero-order chi connectivity index (χ0) is 17.1. The third kappa shape index (κ3) is 2.13. The second-order valence-electron chi connectivity index (χ2n) is 6.72. The van der Waals surface area contributed by atoms with Crippen molar-refractivity contribution in [2.45, 2.75) is 32.3 Å². The summed E-state index contributed by atoms with van der Waals surface area (Å²) in [5.74, 6) is 0.456. The number of pyridine rings is 1. The van der Waals surface area contributed by atoms with E-state index in [4.69, 9.17) is 10.5 Å². The van der Waals surface area contributed by atoms with Crippen molar-refractivity contribution < 1.29 is 13.9 Å². The van der Waals surface area contributed by atoms with Crippen molar-refractivity contribution in [2.75, 3.05) is 17.2 Å². The van der Waals surface area contributed by atoms with Gasteiger partial charge in [-0.2, -0.15) is 0 Å². The van der Waals surface area contributed by atoms with Crippen molar-refractivity contribution >= 4 is 17.4 Å². The average molecular weight is 327 g/mol. The third-order valence-corrected chi connectivity index (χ3v) is 4.64. The number of ether oxygens (including phenoxy) is 1. The lowest BCUT2D eigenvalue weighted by Gasteiger charge is -2.35. The Morgan fingerprint density at radius 2 is 2.08 bits per heavy atom. The lowest BCUT2D eigenvalue weighted by molar-refractivity contribution is -0.117. The predicted molar refractivity (Wildman–Crippen MR) is 89.3 cm³/mol. The molecule has 0 bridgehead atoms. The average Bonchev–Trinajstić information content (AvgIpc) is 2.94. The van der Waals surface area contributed by atoms with E-state index in [0.29, 0.717) is 30.1 Å². The number of hydrogen-bond donors (Lipinski definition) is 1. The molecule has 0 unspecified atom stereocenters. The maximum Gasteiger partial charge on any atom is 0.227 e. The number of nitrogen functional groups attached to an aromatic ring is 1. The number of halogens is 1. The minimum Gasteiger partial charge on any atom is -0.482 e. The molecule has 2 N–H and O–H groups in total. The van der Waals surface area contributed by atoms with Gasteiger partial charge in [0, 0.05) is 41.9 Å². The van der Waals surface area contributed by atoms with E-state index in [9.17, 15) is 9.18 Å². The third-order valence-electron chi connectivity index (χ3n) is 4.64. The highest BCUT2D eigenvalue weighted by Crippen LogP contribution is 2.47. The Balaban J connectivity index is 1.90. The van der Waals surface area contributed by atoms with E-state index in [1.165, 1.54) is 11.0 Å². The Hall–Kier alpha value is -2.63. The van der Waals surface area contributed by atoms with Crippen molar-refractivity contribution in [3.05, 3.63) is 35.8 Å². The van der Waals surface area contributed by atoms with Crippen LogP contribution in [0.2, 0.25) is 0 Å². The second-order valence-corrected chi connectivity index (χ2v) is 6.72. The summed E-state index contributed by atoms with van der Waals surface area (Å²) in [5, 5.41) is 0. The molecule has 1 aromatic carbocycles. The van der Waals surface area contributed by atoms with E-state index in [1.54, 1.807) is 18.3 Å². The van der Waals surface area contributed by atoms with Gasteiger partial charge in [0.15, 0.2) is 0 Å². The molecular formula is C18H18FN3O2. The van der Waals surface area contributed by atoms with Crippen LogP contribution < -0.4 is 15.4 Å². The molecular weight excluding hydrogens is 309 g/mol. The Labute approximate surface area is 139 Å². The van der Waals surface area contributed by atoms with Crippen LogP contribution in [-0.4, -0.2) is 17.4 Å². The van der Waals surface area contributed by atoms with Crippen LogP contribution in [0.15, 0.2) is 24.4 Å². The fourth-order valence-electron chi connectivity index (χ4n) is 3.46. The molecule has 0 saturated carbocycles. The molecule has 24 heavy (non-hydrogen) atoms. The summed E-state index contributed by atoms with van der Waals surface area (Å²) in [4.78, 5) is 17.6. The summed E-state index contributed by atoms with van der Waals surface area (Å²) in [6, 6.07) is 4.80. The van der Waals surface area contributed by atoms with Gasteiger partial charge >= 0.3 is 0 Å². The van der Waals surface area contributed by atoms with Crippen molar-refractivity contribution in [2.24, 2.45) is 0 Å². The van der Waals surface area contributed by atoms with Crippen LogP contribution in [0, 0.1) is 5.82 Å². The van der Waals surface area contributed by atoms with Crippen LogP contribution in [0.25, 0.3) is 11.1 Å². The monoisotopic (exact) mass is 327 g/mol. The van der Waals surface area contributed by atoms with Gasteiger partial charge in [0.1, 0.15) is 23.0 Å². The van der Waals surface area contributed by atoms with E-state index in [1.807, 2.05) is 13.8 Å². The number of benzene rings is 1. The molecule has 5 nitrogen and oxygen atoms in total. The molecule has 0 aliphatic carbocycles. The van der Waals surface area contributed by atoms with Crippen LogP contribution in [0.5, 0.6) is 5.75 Å². The first kappa shape index (κ1) is 14.9. The smallest absolute Gasteiger partial charge is 0.227 e. The number of carbonyl (C=O) groups is 1. The van der Waals surface area contributed by atoms with Gasteiger partial charge in [0.25, 0.3) is 0 Å². The number of fused-ring (bicyclic) bond motifs is 3. The summed E-state index contributed by atoms with van der Waals surface area (Å²) < 4.78 is 20.8. The van der Waals surface area contributed by atoms with E-state index in [-0.39, 0.29) is 11.6 Å². The molecule has 1 aromatic heterocycles. The molecule has 2 aromatic rings. The van der Waals surface area contributed by atoms with Gasteiger partial charge < -0.3 is 15.4 Å². The van der Waals surface area contributed by atoms with Crippen molar-refractivity contribution in [1.82, 2.24) is 4.98 Å². The van der Waals surface area contributed by atoms with E-state index >= 15 is 0 Å².